The van der Waals surface area contributed by atoms with Gasteiger partial charge in [0.1, 0.15) is 0 Å². The van der Waals surface area contributed by atoms with E-state index < -0.39 is 6.23 Å². The lowest BCUT2D eigenvalue weighted by Gasteiger charge is -2.31. The average Bonchev–Trinajstić information content (AvgIpc) is 2.89. The molecular formula is C20H16Cl2N4O2S. The second-order valence-electron chi connectivity index (χ2n) is 6.20. The molecule has 0 saturated carbocycles. The van der Waals surface area contributed by atoms with Crippen LogP contribution in [0.5, 0.6) is 5.88 Å². The van der Waals surface area contributed by atoms with E-state index in [4.69, 9.17) is 27.9 Å². The normalized spacial score (nSPS) is 15.2. The third-order valence-corrected chi connectivity index (χ3v) is 5.88. The van der Waals surface area contributed by atoms with E-state index in [1.165, 1.54) is 11.8 Å². The maximum absolute atomic E-state index is 13.0. The van der Waals surface area contributed by atoms with Gasteiger partial charge in [0, 0.05) is 17.5 Å². The second-order valence-corrected chi connectivity index (χ2v) is 7.76. The second kappa shape index (κ2) is 8.18. The largest absolute Gasteiger partial charge is 0.447 e. The highest BCUT2D eigenvalue weighted by Crippen LogP contribution is 2.45. The van der Waals surface area contributed by atoms with E-state index in [2.05, 4.69) is 15.2 Å². The van der Waals surface area contributed by atoms with E-state index in [0.29, 0.717) is 37.7 Å². The minimum absolute atomic E-state index is 0.135. The van der Waals surface area contributed by atoms with Crippen LogP contribution in [0.4, 0.5) is 5.69 Å². The molecule has 1 aliphatic rings. The number of benzene rings is 2. The van der Waals surface area contributed by atoms with Crippen LogP contribution in [0.2, 0.25) is 10.0 Å². The van der Waals surface area contributed by atoms with Crippen molar-refractivity contribution in [3.05, 3.63) is 58.1 Å². The van der Waals surface area contributed by atoms with Crippen LogP contribution in [0.1, 0.15) is 25.1 Å². The lowest BCUT2D eigenvalue weighted by Crippen LogP contribution is -2.37. The first kappa shape index (κ1) is 19.9. The van der Waals surface area contributed by atoms with Crippen molar-refractivity contribution in [3.63, 3.8) is 0 Å². The molecule has 1 aromatic heterocycles. The number of nitrogens with zero attached hydrogens (tertiary/aromatic N) is 4. The van der Waals surface area contributed by atoms with Gasteiger partial charge in [0.05, 0.1) is 15.7 Å². The first-order chi connectivity index (χ1) is 14.0. The summed E-state index contributed by atoms with van der Waals surface area (Å²) in [6, 6.07) is 12.7. The summed E-state index contributed by atoms with van der Waals surface area (Å²) in [6.45, 7) is 1.80. The SMILES string of the molecule is CCC(=O)N1c2ccccc2-c2nnc(SC)nc2OC1c1cccc(Cl)c1Cl. The van der Waals surface area contributed by atoms with Crippen molar-refractivity contribution in [1.82, 2.24) is 15.2 Å². The number of thioether (sulfide) groups is 1. The standard InChI is InChI=1S/C20H16Cl2N4O2S/c1-3-15(27)26-14-10-5-4-7-11(14)17-18(23-20(29-2)25-24-17)28-19(26)12-8-6-9-13(21)16(12)22/h4-10,19H,3H2,1-2H3. The van der Waals surface area contributed by atoms with E-state index in [1.807, 2.05) is 30.5 Å². The monoisotopic (exact) mass is 446 g/mol. The molecule has 9 heteroatoms. The Balaban J connectivity index is 2.01. The van der Waals surface area contributed by atoms with Crippen LogP contribution >= 0.6 is 35.0 Å². The van der Waals surface area contributed by atoms with Crippen LogP contribution in [0.25, 0.3) is 11.3 Å². The van der Waals surface area contributed by atoms with Crippen molar-refractivity contribution < 1.29 is 9.53 Å². The number of rotatable bonds is 3. The predicted molar refractivity (Wildman–Crippen MR) is 115 cm³/mol. The molecule has 0 fully saturated rings. The molecule has 0 saturated heterocycles. The molecule has 148 valence electrons. The number of carbonyl (C=O) groups excluding carboxylic acids is 1. The predicted octanol–water partition coefficient (Wildman–Crippen LogP) is 5.40. The summed E-state index contributed by atoms with van der Waals surface area (Å²) < 4.78 is 6.27. The summed E-state index contributed by atoms with van der Waals surface area (Å²) in [5, 5.41) is 9.63. The van der Waals surface area contributed by atoms with Crippen LogP contribution in [0.15, 0.2) is 47.6 Å². The fourth-order valence-corrected chi connectivity index (χ4v) is 3.85. The van der Waals surface area contributed by atoms with Crippen molar-refractivity contribution in [3.8, 4) is 17.1 Å². The molecular weight excluding hydrogens is 431 g/mol. The summed E-state index contributed by atoms with van der Waals surface area (Å²) in [5.74, 6) is 0.147. The molecule has 6 nitrogen and oxygen atoms in total. The molecule has 0 spiro atoms. The Kier molecular flexibility index (Phi) is 5.63. The first-order valence-electron chi connectivity index (χ1n) is 8.85. The van der Waals surface area contributed by atoms with Gasteiger partial charge in [-0.05, 0) is 18.4 Å². The molecule has 0 N–H and O–H groups in total. The highest BCUT2D eigenvalue weighted by atomic mass is 35.5. The molecule has 0 bridgehead atoms. The lowest BCUT2D eigenvalue weighted by atomic mass is 10.1. The van der Waals surface area contributed by atoms with Crippen LogP contribution in [0, 0.1) is 0 Å². The van der Waals surface area contributed by atoms with E-state index in [1.54, 1.807) is 30.0 Å². The fraction of sp³-hybridized carbons (Fsp3) is 0.200. The number of carbonyl (C=O) groups is 1. The number of para-hydroxylation sites is 1. The molecule has 1 aliphatic heterocycles. The number of anilines is 1. The molecule has 29 heavy (non-hydrogen) atoms. The van der Waals surface area contributed by atoms with Gasteiger partial charge >= 0.3 is 0 Å². The van der Waals surface area contributed by atoms with Crippen molar-refractivity contribution >= 4 is 46.6 Å². The van der Waals surface area contributed by atoms with Crippen LogP contribution in [0.3, 0.4) is 0 Å². The first-order valence-corrected chi connectivity index (χ1v) is 10.8. The van der Waals surface area contributed by atoms with E-state index in [9.17, 15) is 4.79 Å². The maximum atomic E-state index is 13.0. The minimum atomic E-state index is -0.859. The average molecular weight is 447 g/mol. The van der Waals surface area contributed by atoms with E-state index in [-0.39, 0.29) is 18.2 Å². The minimum Gasteiger partial charge on any atom is -0.447 e. The number of ether oxygens (including phenoxy) is 1. The number of hydrogen-bond donors (Lipinski definition) is 0. The summed E-state index contributed by atoms with van der Waals surface area (Å²) >= 11 is 14.1. The number of aromatic nitrogens is 3. The Morgan fingerprint density at radius 3 is 2.72 bits per heavy atom. The van der Waals surface area contributed by atoms with Gasteiger partial charge in [-0.25, -0.2) is 0 Å². The van der Waals surface area contributed by atoms with Crippen molar-refractivity contribution in [2.24, 2.45) is 0 Å². The third-order valence-electron chi connectivity index (χ3n) is 4.51. The zero-order valence-corrected chi connectivity index (χ0v) is 17.9. The summed E-state index contributed by atoms with van der Waals surface area (Å²) in [6.07, 6.45) is 1.27. The zero-order valence-electron chi connectivity index (χ0n) is 15.6. The molecule has 0 radical (unpaired) electrons. The van der Waals surface area contributed by atoms with Gasteiger partial charge in [-0.3, -0.25) is 9.69 Å². The molecule has 2 aromatic carbocycles. The molecule has 1 amide bonds. The fourth-order valence-electron chi connectivity index (χ4n) is 3.15. The molecule has 4 rings (SSSR count). The summed E-state index contributed by atoms with van der Waals surface area (Å²) in [5.41, 5.74) is 2.38. The van der Waals surface area contributed by atoms with Crippen molar-refractivity contribution in [2.75, 3.05) is 11.2 Å². The van der Waals surface area contributed by atoms with Crippen molar-refractivity contribution in [2.45, 2.75) is 24.7 Å². The molecule has 0 aliphatic carbocycles. The molecule has 1 unspecified atom stereocenters. The summed E-state index contributed by atoms with van der Waals surface area (Å²) in [4.78, 5) is 19.1. The van der Waals surface area contributed by atoms with E-state index in [0.717, 1.165) is 0 Å². The lowest BCUT2D eigenvalue weighted by molar-refractivity contribution is -0.120. The van der Waals surface area contributed by atoms with Gasteiger partial charge < -0.3 is 4.74 Å². The van der Waals surface area contributed by atoms with Gasteiger partial charge in [-0.1, -0.05) is 72.2 Å². The van der Waals surface area contributed by atoms with Gasteiger partial charge in [0.25, 0.3) is 0 Å². The molecule has 1 atom stereocenters. The Bertz CT molecular complexity index is 1100. The van der Waals surface area contributed by atoms with E-state index >= 15 is 0 Å². The number of halogens is 2. The van der Waals surface area contributed by atoms with Gasteiger partial charge in [0.2, 0.25) is 23.2 Å². The topological polar surface area (TPSA) is 68.2 Å². The van der Waals surface area contributed by atoms with Crippen LogP contribution < -0.4 is 9.64 Å². The molecule has 3 aromatic rings. The van der Waals surface area contributed by atoms with Crippen LogP contribution in [-0.4, -0.2) is 27.3 Å². The van der Waals surface area contributed by atoms with Gasteiger partial charge in [-0.15, -0.1) is 10.2 Å². The zero-order chi connectivity index (χ0) is 20.5. The Hall–Kier alpha value is -2.35. The van der Waals surface area contributed by atoms with Crippen LogP contribution in [-0.2, 0) is 4.79 Å². The quantitative estimate of drug-likeness (QED) is 0.501. The van der Waals surface area contributed by atoms with Crippen molar-refractivity contribution in [1.29, 1.82) is 0 Å². The Labute approximate surface area is 182 Å². The number of amides is 1. The maximum Gasteiger partial charge on any atom is 0.247 e. The van der Waals surface area contributed by atoms with Gasteiger partial charge in [0.15, 0.2) is 5.69 Å². The Morgan fingerprint density at radius 1 is 1.17 bits per heavy atom. The number of hydrogen-bond acceptors (Lipinski definition) is 6. The van der Waals surface area contributed by atoms with Gasteiger partial charge in [-0.2, -0.15) is 4.98 Å². The molecule has 2 heterocycles. The third kappa shape index (κ3) is 3.54. The highest BCUT2D eigenvalue weighted by molar-refractivity contribution is 7.98. The summed E-state index contributed by atoms with van der Waals surface area (Å²) in [7, 11) is 0. The smallest absolute Gasteiger partial charge is 0.247 e. The number of fused-ring (bicyclic) bond motifs is 3. The highest BCUT2D eigenvalue weighted by Gasteiger charge is 2.36. The Morgan fingerprint density at radius 2 is 1.97 bits per heavy atom.